The van der Waals surface area contributed by atoms with Gasteiger partial charge in [0.25, 0.3) is 5.91 Å². The molecule has 0 saturated carbocycles. The van der Waals surface area contributed by atoms with E-state index in [9.17, 15) is 4.79 Å². The van der Waals surface area contributed by atoms with Gasteiger partial charge in [0.1, 0.15) is 12.4 Å². The Labute approximate surface area is 149 Å². The van der Waals surface area contributed by atoms with Crippen LogP contribution in [-0.2, 0) is 0 Å². The first-order chi connectivity index (χ1) is 12.0. The second kappa shape index (κ2) is 8.97. The van der Waals surface area contributed by atoms with Crippen LogP contribution in [0.1, 0.15) is 22.8 Å². The Morgan fingerprint density at radius 1 is 1.08 bits per heavy atom. The molecule has 1 amide bonds. The normalized spacial score (nSPS) is 10.2. The van der Waals surface area contributed by atoms with Crippen LogP contribution in [0.3, 0.4) is 0 Å². The second-order valence-electron chi connectivity index (χ2n) is 5.69. The number of hydrogen-bond donors (Lipinski definition) is 0. The topological polar surface area (TPSA) is 48.0 Å². The van der Waals surface area contributed by atoms with Gasteiger partial charge in [0.2, 0.25) is 0 Å². The third kappa shape index (κ3) is 5.14. The molecule has 134 valence electrons. The number of amides is 1. The van der Waals surface area contributed by atoms with Crippen LogP contribution < -0.4 is 14.2 Å². The number of likely N-dealkylation sites (N-methyl/N-ethyl adjacent to an activating group) is 1. The summed E-state index contributed by atoms with van der Waals surface area (Å²) in [5, 5.41) is 0. The lowest BCUT2D eigenvalue weighted by Crippen LogP contribution is -2.30. The van der Waals surface area contributed by atoms with Gasteiger partial charge in [-0.2, -0.15) is 0 Å². The van der Waals surface area contributed by atoms with E-state index >= 15 is 0 Å². The monoisotopic (exact) mass is 343 g/mol. The van der Waals surface area contributed by atoms with E-state index in [2.05, 4.69) is 0 Å². The zero-order valence-corrected chi connectivity index (χ0v) is 15.2. The molecule has 0 bridgehead atoms. The van der Waals surface area contributed by atoms with Crippen molar-refractivity contribution >= 4 is 5.91 Å². The van der Waals surface area contributed by atoms with Gasteiger partial charge >= 0.3 is 0 Å². The van der Waals surface area contributed by atoms with E-state index in [0.717, 1.165) is 11.3 Å². The van der Waals surface area contributed by atoms with Crippen LogP contribution in [0.5, 0.6) is 17.2 Å². The Morgan fingerprint density at radius 2 is 1.88 bits per heavy atom. The highest BCUT2D eigenvalue weighted by atomic mass is 16.5. The largest absolute Gasteiger partial charge is 0.493 e. The molecule has 0 spiro atoms. The Hall–Kier alpha value is -2.69. The number of aryl methyl sites for hydroxylation is 1. The second-order valence-corrected chi connectivity index (χ2v) is 5.69. The Morgan fingerprint density at radius 3 is 2.56 bits per heavy atom. The SMILES string of the molecule is CCOc1ccc(C(=O)N(C)CCOc2cccc(C)c2)cc1OC. The highest BCUT2D eigenvalue weighted by Gasteiger charge is 2.15. The van der Waals surface area contributed by atoms with Crippen LogP contribution in [0.15, 0.2) is 42.5 Å². The zero-order valence-electron chi connectivity index (χ0n) is 15.2. The third-order valence-electron chi connectivity index (χ3n) is 3.74. The molecule has 0 radical (unpaired) electrons. The molecule has 0 heterocycles. The van der Waals surface area contributed by atoms with Gasteiger partial charge < -0.3 is 19.1 Å². The van der Waals surface area contributed by atoms with E-state index in [-0.39, 0.29) is 5.91 Å². The first-order valence-electron chi connectivity index (χ1n) is 8.31. The molecular formula is C20H25NO4. The smallest absolute Gasteiger partial charge is 0.253 e. The molecule has 0 aliphatic rings. The predicted octanol–water partition coefficient (Wildman–Crippen LogP) is 3.55. The molecule has 0 aliphatic carbocycles. The number of nitrogens with zero attached hydrogens (tertiary/aromatic N) is 1. The Bertz CT molecular complexity index is 715. The maximum absolute atomic E-state index is 12.6. The van der Waals surface area contributed by atoms with Gasteiger partial charge in [-0.15, -0.1) is 0 Å². The molecule has 0 aromatic heterocycles. The fourth-order valence-electron chi connectivity index (χ4n) is 2.40. The maximum Gasteiger partial charge on any atom is 0.253 e. The first kappa shape index (κ1) is 18.6. The average Bonchev–Trinajstić information content (AvgIpc) is 2.61. The fraction of sp³-hybridized carbons (Fsp3) is 0.350. The van der Waals surface area contributed by atoms with E-state index in [1.165, 1.54) is 0 Å². The zero-order chi connectivity index (χ0) is 18.2. The molecule has 0 saturated heterocycles. The molecule has 2 aromatic rings. The highest BCUT2D eigenvalue weighted by molar-refractivity contribution is 5.94. The summed E-state index contributed by atoms with van der Waals surface area (Å²) in [5.74, 6) is 1.90. The molecule has 0 atom stereocenters. The van der Waals surface area contributed by atoms with Crippen molar-refractivity contribution in [1.29, 1.82) is 0 Å². The van der Waals surface area contributed by atoms with Crippen molar-refractivity contribution in [3.8, 4) is 17.2 Å². The molecule has 25 heavy (non-hydrogen) atoms. The summed E-state index contributed by atoms with van der Waals surface area (Å²) in [4.78, 5) is 14.2. The van der Waals surface area contributed by atoms with E-state index in [1.807, 2.05) is 38.1 Å². The molecule has 0 aliphatic heterocycles. The Kier molecular flexibility index (Phi) is 6.69. The van der Waals surface area contributed by atoms with Gasteiger partial charge in [-0.3, -0.25) is 4.79 Å². The number of benzene rings is 2. The summed E-state index contributed by atoms with van der Waals surface area (Å²) >= 11 is 0. The number of hydrogen-bond acceptors (Lipinski definition) is 4. The summed E-state index contributed by atoms with van der Waals surface area (Å²) in [6.45, 7) is 5.38. The van der Waals surface area contributed by atoms with Crippen LogP contribution in [0.4, 0.5) is 0 Å². The number of methoxy groups -OCH3 is 1. The number of carbonyl (C=O) groups excluding carboxylic acids is 1. The minimum Gasteiger partial charge on any atom is -0.493 e. The molecule has 5 heteroatoms. The maximum atomic E-state index is 12.6. The Balaban J connectivity index is 1.95. The van der Waals surface area contributed by atoms with Crippen molar-refractivity contribution in [1.82, 2.24) is 4.90 Å². The van der Waals surface area contributed by atoms with Crippen LogP contribution in [0, 0.1) is 6.92 Å². The minimum absolute atomic E-state index is 0.0887. The summed E-state index contributed by atoms with van der Waals surface area (Å²) in [6, 6.07) is 13.0. The van der Waals surface area contributed by atoms with Crippen LogP contribution in [0.2, 0.25) is 0 Å². The van der Waals surface area contributed by atoms with Crippen molar-refractivity contribution in [2.24, 2.45) is 0 Å². The predicted molar refractivity (Wildman–Crippen MR) is 97.8 cm³/mol. The van der Waals surface area contributed by atoms with Crippen molar-refractivity contribution in [3.63, 3.8) is 0 Å². The third-order valence-corrected chi connectivity index (χ3v) is 3.74. The summed E-state index contributed by atoms with van der Waals surface area (Å²) in [6.07, 6.45) is 0. The molecule has 0 unspecified atom stereocenters. The van der Waals surface area contributed by atoms with E-state index in [4.69, 9.17) is 14.2 Å². The summed E-state index contributed by atoms with van der Waals surface area (Å²) < 4.78 is 16.5. The first-order valence-corrected chi connectivity index (χ1v) is 8.31. The van der Waals surface area contributed by atoms with Gasteiger partial charge in [-0.1, -0.05) is 12.1 Å². The standard InChI is InChI=1S/C20H25NO4/c1-5-24-18-10-9-16(14-19(18)23-4)20(22)21(3)11-12-25-17-8-6-7-15(2)13-17/h6-10,13-14H,5,11-12H2,1-4H3. The quantitative estimate of drug-likeness (QED) is 0.735. The lowest BCUT2D eigenvalue weighted by Gasteiger charge is -2.18. The fourth-order valence-corrected chi connectivity index (χ4v) is 2.40. The minimum atomic E-state index is -0.0887. The molecule has 2 aromatic carbocycles. The van der Waals surface area contributed by atoms with Gasteiger partial charge in [0, 0.05) is 12.6 Å². The lowest BCUT2D eigenvalue weighted by molar-refractivity contribution is 0.0773. The average molecular weight is 343 g/mol. The van der Waals surface area contributed by atoms with Gasteiger partial charge in [0.15, 0.2) is 11.5 Å². The van der Waals surface area contributed by atoms with E-state index < -0.39 is 0 Å². The van der Waals surface area contributed by atoms with Crippen molar-refractivity contribution < 1.29 is 19.0 Å². The number of carbonyl (C=O) groups is 1. The summed E-state index contributed by atoms with van der Waals surface area (Å²) in [7, 11) is 3.32. The summed E-state index contributed by atoms with van der Waals surface area (Å²) in [5.41, 5.74) is 1.70. The van der Waals surface area contributed by atoms with E-state index in [1.54, 1.807) is 37.3 Å². The molecule has 5 nitrogen and oxygen atoms in total. The van der Waals surface area contributed by atoms with Crippen molar-refractivity contribution in [3.05, 3.63) is 53.6 Å². The molecule has 0 N–H and O–H groups in total. The van der Waals surface area contributed by atoms with Crippen LogP contribution >= 0.6 is 0 Å². The van der Waals surface area contributed by atoms with E-state index in [0.29, 0.717) is 36.8 Å². The van der Waals surface area contributed by atoms with Crippen LogP contribution in [-0.4, -0.2) is 44.7 Å². The van der Waals surface area contributed by atoms with Gasteiger partial charge in [-0.05, 0) is 49.7 Å². The van der Waals surface area contributed by atoms with Gasteiger partial charge in [-0.25, -0.2) is 0 Å². The molecule has 2 rings (SSSR count). The molecule has 0 fully saturated rings. The number of rotatable bonds is 8. The van der Waals surface area contributed by atoms with Gasteiger partial charge in [0.05, 0.1) is 20.3 Å². The van der Waals surface area contributed by atoms with Crippen molar-refractivity contribution in [2.75, 3.05) is 33.9 Å². The molecular weight excluding hydrogens is 318 g/mol. The lowest BCUT2D eigenvalue weighted by atomic mass is 10.1. The highest BCUT2D eigenvalue weighted by Crippen LogP contribution is 2.28. The van der Waals surface area contributed by atoms with Crippen molar-refractivity contribution in [2.45, 2.75) is 13.8 Å². The number of ether oxygens (including phenoxy) is 3. The van der Waals surface area contributed by atoms with Crippen LogP contribution in [0.25, 0.3) is 0 Å².